The highest BCUT2D eigenvalue weighted by Crippen LogP contribution is 2.35. The molecule has 7 nitrogen and oxygen atoms in total. The van der Waals surface area contributed by atoms with Gasteiger partial charge in [-0.1, -0.05) is 18.2 Å². The summed E-state index contributed by atoms with van der Waals surface area (Å²) in [5, 5.41) is 4.87. The number of anilines is 1. The second-order valence-electron chi connectivity index (χ2n) is 9.11. The van der Waals surface area contributed by atoms with Gasteiger partial charge in [0.1, 0.15) is 11.1 Å². The third-order valence-corrected chi connectivity index (χ3v) is 6.28. The number of carbonyl (C=O) groups is 1. The van der Waals surface area contributed by atoms with Gasteiger partial charge in [0.2, 0.25) is 5.91 Å². The number of likely N-dealkylation sites (N-methyl/N-ethyl adjacent to an activating group) is 1. The van der Waals surface area contributed by atoms with Crippen molar-refractivity contribution in [3.05, 3.63) is 95.4 Å². The molecule has 0 bridgehead atoms. The predicted molar refractivity (Wildman–Crippen MR) is 144 cm³/mol. The Balaban J connectivity index is 1.48. The number of nitrogens with zero attached hydrogens (tertiary/aromatic N) is 2. The smallest absolute Gasteiger partial charge is 0.255 e. The van der Waals surface area contributed by atoms with E-state index in [1.54, 1.807) is 27.7 Å². The maximum atomic E-state index is 13.1. The summed E-state index contributed by atoms with van der Waals surface area (Å²) in [6.45, 7) is 0.292. The van der Waals surface area contributed by atoms with Gasteiger partial charge < -0.3 is 19.6 Å². The van der Waals surface area contributed by atoms with E-state index in [2.05, 4.69) is 34.6 Å². The Morgan fingerprint density at radius 3 is 2.56 bits per heavy atom. The summed E-state index contributed by atoms with van der Waals surface area (Å²) >= 11 is 0. The number of benzene rings is 3. The fourth-order valence-electron chi connectivity index (χ4n) is 4.72. The fourth-order valence-corrected chi connectivity index (χ4v) is 4.72. The SMILES string of the molecule is CN(C)CC(=O)Nc1ccc(-n2c(=O)ccc3oc4ccc(-c5cccc6[nH]ccc56)cc4c32)cc1. The summed E-state index contributed by atoms with van der Waals surface area (Å²) in [6.07, 6.45) is 1.93. The van der Waals surface area contributed by atoms with Crippen LogP contribution in [-0.4, -0.2) is 41.0 Å². The van der Waals surface area contributed by atoms with Crippen LogP contribution in [-0.2, 0) is 4.79 Å². The first-order chi connectivity index (χ1) is 17.5. The van der Waals surface area contributed by atoms with Crippen molar-refractivity contribution < 1.29 is 9.21 Å². The quantitative estimate of drug-likeness (QED) is 0.350. The van der Waals surface area contributed by atoms with Crippen molar-refractivity contribution in [3.63, 3.8) is 0 Å². The van der Waals surface area contributed by atoms with Crippen molar-refractivity contribution in [2.24, 2.45) is 0 Å². The molecule has 0 radical (unpaired) electrons. The summed E-state index contributed by atoms with van der Waals surface area (Å²) in [5.41, 5.74) is 6.47. The maximum Gasteiger partial charge on any atom is 0.255 e. The largest absolute Gasteiger partial charge is 0.454 e. The van der Waals surface area contributed by atoms with Crippen LogP contribution in [0, 0.1) is 0 Å². The van der Waals surface area contributed by atoms with Crippen LogP contribution < -0.4 is 10.9 Å². The lowest BCUT2D eigenvalue weighted by molar-refractivity contribution is -0.116. The minimum absolute atomic E-state index is 0.0992. The van der Waals surface area contributed by atoms with Gasteiger partial charge in [-0.05, 0) is 79.8 Å². The van der Waals surface area contributed by atoms with Crippen LogP contribution in [0.3, 0.4) is 0 Å². The topological polar surface area (TPSA) is 83.3 Å². The molecule has 0 spiro atoms. The molecular weight excluding hydrogens is 452 g/mol. The first kappa shape index (κ1) is 21.9. The van der Waals surface area contributed by atoms with Gasteiger partial charge in [0.15, 0.2) is 5.58 Å². The Kier molecular flexibility index (Phi) is 5.20. The molecule has 6 aromatic rings. The molecular formula is C29H24N4O3. The molecule has 0 fully saturated rings. The highest BCUT2D eigenvalue weighted by molar-refractivity contribution is 6.06. The molecule has 178 valence electrons. The van der Waals surface area contributed by atoms with E-state index in [4.69, 9.17) is 4.42 Å². The third-order valence-electron chi connectivity index (χ3n) is 6.28. The molecule has 0 aliphatic carbocycles. The standard InChI is InChI=1S/C29H24N4O3/c1-32(2)17-27(34)31-19-7-9-20(10-8-19)33-28(35)13-12-26-29(33)23-16-18(6-11-25(23)36-26)21-4-3-5-24-22(21)14-15-30-24/h3-16,30H,17H2,1-2H3,(H,31,34). The maximum absolute atomic E-state index is 13.1. The van der Waals surface area contributed by atoms with Crippen molar-refractivity contribution in [3.8, 4) is 16.8 Å². The number of fused-ring (bicyclic) bond motifs is 4. The summed E-state index contributed by atoms with van der Waals surface area (Å²) in [4.78, 5) is 30.3. The molecule has 36 heavy (non-hydrogen) atoms. The number of furan rings is 1. The van der Waals surface area contributed by atoms with E-state index in [0.29, 0.717) is 34.6 Å². The fraction of sp³-hybridized carbons (Fsp3) is 0.103. The highest BCUT2D eigenvalue weighted by atomic mass is 16.3. The van der Waals surface area contributed by atoms with Gasteiger partial charge >= 0.3 is 0 Å². The van der Waals surface area contributed by atoms with E-state index in [-0.39, 0.29) is 11.5 Å². The molecule has 0 saturated heterocycles. The van der Waals surface area contributed by atoms with E-state index < -0.39 is 0 Å². The van der Waals surface area contributed by atoms with Crippen LogP contribution in [0.1, 0.15) is 0 Å². The molecule has 0 unspecified atom stereocenters. The summed E-state index contributed by atoms with van der Waals surface area (Å²) < 4.78 is 7.78. The number of H-pyrrole nitrogens is 1. The summed E-state index contributed by atoms with van der Waals surface area (Å²) in [5.74, 6) is -0.0992. The van der Waals surface area contributed by atoms with Gasteiger partial charge in [-0.2, -0.15) is 0 Å². The Labute approximate surface area is 206 Å². The number of rotatable bonds is 5. The Morgan fingerprint density at radius 1 is 0.944 bits per heavy atom. The van der Waals surface area contributed by atoms with Crippen molar-refractivity contribution in [1.82, 2.24) is 14.5 Å². The number of aromatic amines is 1. The summed E-state index contributed by atoms with van der Waals surface area (Å²) in [6, 6.07) is 24.8. The van der Waals surface area contributed by atoms with Crippen LogP contribution >= 0.6 is 0 Å². The Hall–Kier alpha value is -4.62. The minimum Gasteiger partial charge on any atom is -0.454 e. The first-order valence-electron chi connectivity index (χ1n) is 11.7. The third kappa shape index (κ3) is 3.76. The number of aromatic nitrogens is 2. The van der Waals surface area contributed by atoms with E-state index in [0.717, 1.165) is 27.4 Å². The van der Waals surface area contributed by atoms with Crippen LogP contribution in [0.25, 0.3) is 49.8 Å². The van der Waals surface area contributed by atoms with E-state index in [1.165, 1.54) is 6.07 Å². The molecule has 0 atom stereocenters. The summed E-state index contributed by atoms with van der Waals surface area (Å²) in [7, 11) is 3.68. The molecule has 0 aliphatic heterocycles. The Bertz CT molecular complexity index is 1810. The zero-order chi connectivity index (χ0) is 24.8. The number of amides is 1. The highest BCUT2D eigenvalue weighted by Gasteiger charge is 2.16. The van der Waals surface area contributed by atoms with Crippen LogP contribution in [0.2, 0.25) is 0 Å². The average Bonchev–Trinajstić information content (AvgIpc) is 3.48. The average molecular weight is 477 g/mol. The molecule has 0 saturated carbocycles. The lowest BCUT2D eigenvalue weighted by Gasteiger charge is -2.12. The molecule has 3 aromatic carbocycles. The second kappa shape index (κ2) is 8.55. The molecule has 3 heterocycles. The number of hydrogen-bond acceptors (Lipinski definition) is 4. The lowest BCUT2D eigenvalue weighted by Crippen LogP contribution is -2.27. The van der Waals surface area contributed by atoms with Crippen molar-refractivity contribution in [1.29, 1.82) is 0 Å². The molecule has 2 N–H and O–H groups in total. The number of pyridine rings is 1. The number of carbonyl (C=O) groups excluding carboxylic acids is 1. The monoisotopic (exact) mass is 476 g/mol. The zero-order valence-electron chi connectivity index (χ0n) is 19.9. The molecule has 3 aromatic heterocycles. The van der Waals surface area contributed by atoms with Crippen molar-refractivity contribution in [2.45, 2.75) is 0 Å². The van der Waals surface area contributed by atoms with Gasteiger partial charge in [0.25, 0.3) is 5.56 Å². The van der Waals surface area contributed by atoms with Gasteiger partial charge in [-0.25, -0.2) is 0 Å². The minimum atomic E-state index is -0.160. The van der Waals surface area contributed by atoms with Gasteiger partial charge in [0, 0.05) is 39.9 Å². The van der Waals surface area contributed by atoms with E-state index in [9.17, 15) is 9.59 Å². The molecule has 1 amide bonds. The van der Waals surface area contributed by atoms with Gasteiger partial charge in [-0.3, -0.25) is 14.2 Å². The van der Waals surface area contributed by atoms with Gasteiger partial charge in [0.05, 0.1) is 6.54 Å². The molecule has 6 rings (SSSR count). The van der Waals surface area contributed by atoms with Crippen LogP contribution in [0.5, 0.6) is 0 Å². The van der Waals surface area contributed by atoms with Crippen molar-refractivity contribution >= 4 is 44.6 Å². The molecule has 0 aliphatic rings. The first-order valence-corrected chi connectivity index (χ1v) is 11.7. The van der Waals surface area contributed by atoms with Crippen LogP contribution in [0.15, 0.2) is 94.3 Å². The number of nitrogens with one attached hydrogen (secondary N) is 2. The van der Waals surface area contributed by atoms with E-state index in [1.807, 2.05) is 50.6 Å². The molecule has 7 heteroatoms. The second-order valence-corrected chi connectivity index (χ2v) is 9.11. The normalized spacial score (nSPS) is 11.6. The van der Waals surface area contributed by atoms with Gasteiger partial charge in [-0.15, -0.1) is 0 Å². The van der Waals surface area contributed by atoms with E-state index >= 15 is 0 Å². The van der Waals surface area contributed by atoms with Crippen LogP contribution in [0.4, 0.5) is 5.69 Å². The lowest BCUT2D eigenvalue weighted by atomic mass is 10.0. The van der Waals surface area contributed by atoms with Crippen molar-refractivity contribution in [2.75, 3.05) is 26.0 Å². The number of hydrogen-bond donors (Lipinski definition) is 2. The predicted octanol–water partition coefficient (Wildman–Crippen LogP) is 5.39. The Morgan fingerprint density at radius 2 is 1.75 bits per heavy atom. The zero-order valence-corrected chi connectivity index (χ0v) is 19.9.